The SMILES string of the molecule is CCCCCCCCCCCCCCCCCCCC(=O)NC(CS(=O)(=O)O)C(O)CCCCCCCCCCCCCCC. The van der Waals surface area contributed by atoms with E-state index in [1.807, 2.05) is 0 Å². The van der Waals surface area contributed by atoms with Crippen molar-refractivity contribution < 1.29 is 22.9 Å². The third-order valence-electron chi connectivity index (χ3n) is 9.31. The predicted molar refractivity (Wildman–Crippen MR) is 193 cm³/mol. The van der Waals surface area contributed by atoms with Gasteiger partial charge in [0.1, 0.15) is 0 Å². The van der Waals surface area contributed by atoms with Crippen molar-refractivity contribution in [2.75, 3.05) is 5.75 Å². The van der Waals surface area contributed by atoms with Crippen LogP contribution in [0.25, 0.3) is 0 Å². The minimum absolute atomic E-state index is 0.242. The van der Waals surface area contributed by atoms with Crippen molar-refractivity contribution in [3.05, 3.63) is 0 Å². The van der Waals surface area contributed by atoms with E-state index < -0.39 is 28.0 Å². The highest BCUT2D eigenvalue weighted by molar-refractivity contribution is 7.85. The quantitative estimate of drug-likeness (QED) is 0.0458. The summed E-state index contributed by atoms with van der Waals surface area (Å²) in [5.41, 5.74) is 0. The normalized spacial score (nSPS) is 13.2. The number of rotatable bonds is 36. The first-order valence-corrected chi connectivity index (χ1v) is 21.3. The molecule has 3 N–H and O–H groups in total. The van der Waals surface area contributed by atoms with Gasteiger partial charge in [0.15, 0.2) is 0 Å². The number of amides is 1. The van der Waals surface area contributed by atoms with Crippen LogP contribution in [0.5, 0.6) is 0 Å². The Hall–Kier alpha value is -0.660. The van der Waals surface area contributed by atoms with E-state index >= 15 is 0 Å². The molecule has 0 saturated carbocycles. The number of unbranched alkanes of at least 4 members (excludes halogenated alkanes) is 28. The number of carbonyl (C=O) groups excluding carboxylic acids is 1. The highest BCUT2D eigenvalue weighted by Crippen LogP contribution is 2.16. The summed E-state index contributed by atoms with van der Waals surface area (Å²) in [5, 5.41) is 13.3. The largest absolute Gasteiger partial charge is 0.391 e. The first-order chi connectivity index (χ1) is 21.8. The molecule has 2 unspecified atom stereocenters. The fraction of sp³-hybridized carbons (Fsp3) is 0.974. The van der Waals surface area contributed by atoms with Crippen molar-refractivity contribution in [3.8, 4) is 0 Å². The average molecular weight is 660 g/mol. The van der Waals surface area contributed by atoms with E-state index in [1.165, 1.54) is 154 Å². The van der Waals surface area contributed by atoms with Crippen molar-refractivity contribution in [1.29, 1.82) is 0 Å². The lowest BCUT2D eigenvalue weighted by molar-refractivity contribution is -0.122. The molecule has 270 valence electrons. The first kappa shape index (κ1) is 44.3. The number of hydrogen-bond donors (Lipinski definition) is 3. The summed E-state index contributed by atoms with van der Waals surface area (Å²) in [6, 6.07) is -0.962. The third-order valence-corrected chi connectivity index (χ3v) is 10.1. The second-order valence-electron chi connectivity index (χ2n) is 13.9. The van der Waals surface area contributed by atoms with Gasteiger partial charge < -0.3 is 10.4 Å². The average Bonchev–Trinajstić information content (AvgIpc) is 3.00. The highest BCUT2D eigenvalue weighted by atomic mass is 32.2. The van der Waals surface area contributed by atoms with Gasteiger partial charge in [0, 0.05) is 6.42 Å². The smallest absolute Gasteiger partial charge is 0.266 e. The molecule has 6 nitrogen and oxygen atoms in total. The maximum absolute atomic E-state index is 12.5. The maximum atomic E-state index is 12.5. The zero-order valence-electron chi connectivity index (χ0n) is 30.0. The number of nitrogens with one attached hydrogen (secondary N) is 1. The van der Waals surface area contributed by atoms with Crippen LogP contribution in [0.2, 0.25) is 0 Å². The molecule has 0 aromatic heterocycles. The van der Waals surface area contributed by atoms with Gasteiger partial charge in [0.2, 0.25) is 5.91 Å². The van der Waals surface area contributed by atoms with E-state index in [1.54, 1.807) is 0 Å². The first-order valence-electron chi connectivity index (χ1n) is 19.7. The van der Waals surface area contributed by atoms with Crippen LogP contribution >= 0.6 is 0 Å². The molecule has 1 amide bonds. The van der Waals surface area contributed by atoms with E-state index in [9.17, 15) is 22.9 Å². The summed E-state index contributed by atoms with van der Waals surface area (Å²) in [6.07, 6.45) is 37.6. The Balaban J connectivity index is 3.83. The summed E-state index contributed by atoms with van der Waals surface area (Å²) >= 11 is 0. The van der Waals surface area contributed by atoms with E-state index in [4.69, 9.17) is 0 Å². The summed E-state index contributed by atoms with van der Waals surface area (Å²) in [5.74, 6) is -0.883. The summed E-state index contributed by atoms with van der Waals surface area (Å²) in [4.78, 5) is 12.5. The van der Waals surface area contributed by atoms with Gasteiger partial charge in [-0.1, -0.05) is 200 Å². The van der Waals surface area contributed by atoms with Gasteiger partial charge in [-0.05, 0) is 12.8 Å². The van der Waals surface area contributed by atoms with Crippen molar-refractivity contribution in [3.63, 3.8) is 0 Å². The number of aliphatic hydroxyl groups excluding tert-OH is 1. The zero-order valence-corrected chi connectivity index (χ0v) is 30.8. The maximum Gasteiger partial charge on any atom is 0.266 e. The van der Waals surface area contributed by atoms with E-state index in [2.05, 4.69) is 19.2 Å². The lowest BCUT2D eigenvalue weighted by Crippen LogP contribution is -2.47. The van der Waals surface area contributed by atoms with Gasteiger partial charge in [-0.25, -0.2) is 0 Å². The molecule has 2 atom stereocenters. The summed E-state index contributed by atoms with van der Waals surface area (Å²) in [7, 11) is -4.30. The Morgan fingerprint density at radius 1 is 0.511 bits per heavy atom. The van der Waals surface area contributed by atoms with Crippen LogP contribution in [0, 0.1) is 0 Å². The second-order valence-corrected chi connectivity index (χ2v) is 15.4. The molecule has 0 aliphatic carbocycles. The lowest BCUT2D eigenvalue weighted by Gasteiger charge is -2.23. The molecular weight excluding hydrogens is 582 g/mol. The Morgan fingerprint density at radius 2 is 0.800 bits per heavy atom. The molecule has 45 heavy (non-hydrogen) atoms. The Morgan fingerprint density at radius 3 is 1.11 bits per heavy atom. The molecule has 0 aliphatic heterocycles. The minimum Gasteiger partial charge on any atom is -0.391 e. The molecule has 0 fully saturated rings. The van der Waals surface area contributed by atoms with Crippen LogP contribution in [0.3, 0.4) is 0 Å². The molecule has 7 heteroatoms. The predicted octanol–water partition coefficient (Wildman–Crippen LogP) is 11.2. The lowest BCUT2D eigenvalue weighted by atomic mass is 10.0. The molecule has 0 bridgehead atoms. The van der Waals surface area contributed by atoms with Crippen LogP contribution in [0.4, 0.5) is 0 Å². The minimum atomic E-state index is -4.30. The van der Waals surface area contributed by atoms with Crippen molar-refractivity contribution in [1.82, 2.24) is 5.32 Å². The van der Waals surface area contributed by atoms with Gasteiger partial charge in [-0.15, -0.1) is 0 Å². The summed E-state index contributed by atoms with van der Waals surface area (Å²) in [6.45, 7) is 4.52. The molecule has 0 rings (SSSR count). The van der Waals surface area contributed by atoms with Crippen LogP contribution in [0.1, 0.15) is 219 Å². The van der Waals surface area contributed by atoms with Gasteiger partial charge in [-0.3, -0.25) is 9.35 Å². The molecule has 0 aliphatic rings. The van der Waals surface area contributed by atoms with Crippen molar-refractivity contribution in [2.24, 2.45) is 0 Å². The standard InChI is InChI=1S/C38H77NO5S/c1-3-5-7-9-11-13-15-17-18-19-20-22-24-26-28-30-32-34-38(41)39-36(35-45(42,43)44)37(40)33-31-29-27-25-23-21-16-14-12-10-8-6-4-2/h36-37,40H,3-35H2,1-2H3,(H,39,41)(H,42,43,44). The highest BCUT2D eigenvalue weighted by Gasteiger charge is 2.26. The fourth-order valence-electron chi connectivity index (χ4n) is 6.34. The molecule has 0 saturated heterocycles. The van der Waals surface area contributed by atoms with Crippen molar-refractivity contribution >= 4 is 16.0 Å². The van der Waals surface area contributed by atoms with Crippen LogP contribution in [-0.2, 0) is 14.9 Å². The van der Waals surface area contributed by atoms with Crippen molar-refractivity contribution in [2.45, 2.75) is 231 Å². The topological polar surface area (TPSA) is 104 Å². The van der Waals surface area contributed by atoms with Crippen LogP contribution in [0.15, 0.2) is 0 Å². The van der Waals surface area contributed by atoms with Crippen LogP contribution in [-0.4, -0.2) is 41.9 Å². The van der Waals surface area contributed by atoms with E-state index in [0.29, 0.717) is 12.8 Å². The molecule has 0 heterocycles. The molecule has 0 radical (unpaired) electrons. The van der Waals surface area contributed by atoms with E-state index in [0.717, 1.165) is 38.5 Å². The Labute approximate surface area is 280 Å². The van der Waals surface area contributed by atoms with Crippen LogP contribution < -0.4 is 5.32 Å². The number of carbonyl (C=O) groups is 1. The second kappa shape index (κ2) is 33.2. The fourth-order valence-corrected chi connectivity index (χ4v) is 7.10. The van der Waals surface area contributed by atoms with Gasteiger partial charge in [0.05, 0.1) is 17.9 Å². The zero-order chi connectivity index (χ0) is 33.3. The molecular formula is C38H77NO5S. The van der Waals surface area contributed by atoms with Gasteiger partial charge >= 0.3 is 0 Å². The third kappa shape index (κ3) is 34.5. The molecule has 0 aromatic rings. The number of hydrogen-bond acceptors (Lipinski definition) is 4. The number of aliphatic hydroxyl groups is 1. The monoisotopic (exact) mass is 660 g/mol. The van der Waals surface area contributed by atoms with Gasteiger partial charge in [-0.2, -0.15) is 8.42 Å². The Bertz CT molecular complexity index is 730. The Kier molecular flexibility index (Phi) is 32.8. The summed E-state index contributed by atoms with van der Waals surface area (Å²) < 4.78 is 32.4. The molecule has 0 aromatic carbocycles. The molecule has 0 spiro atoms. The van der Waals surface area contributed by atoms with E-state index in [-0.39, 0.29) is 5.91 Å². The van der Waals surface area contributed by atoms with Gasteiger partial charge in [0.25, 0.3) is 10.1 Å².